The maximum atomic E-state index is 12.7. The zero-order chi connectivity index (χ0) is 21.4. The molecule has 0 bridgehead atoms. The van der Waals surface area contributed by atoms with Gasteiger partial charge < -0.3 is 9.73 Å². The second kappa shape index (κ2) is 7.39. The molecule has 2 aromatic carbocycles. The summed E-state index contributed by atoms with van der Waals surface area (Å²) in [4.78, 5) is 23.4. The van der Waals surface area contributed by atoms with E-state index in [4.69, 9.17) is 4.42 Å². The Kier molecular flexibility index (Phi) is 5.26. The third kappa shape index (κ3) is 4.50. The van der Waals surface area contributed by atoms with Crippen LogP contribution < -0.4 is 11.1 Å². The van der Waals surface area contributed by atoms with Crippen molar-refractivity contribution in [3.05, 3.63) is 58.6 Å². The van der Waals surface area contributed by atoms with Crippen LogP contribution in [0.5, 0.6) is 0 Å². The third-order valence-electron chi connectivity index (χ3n) is 4.19. The van der Waals surface area contributed by atoms with E-state index in [1.165, 1.54) is 35.9 Å². The van der Waals surface area contributed by atoms with Gasteiger partial charge in [-0.25, -0.2) is 13.2 Å². The van der Waals surface area contributed by atoms with Crippen molar-refractivity contribution in [2.45, 2.75) is 17.5 Å². The van der Waals surface area contributed by atoms with E-state index < -0.39 is 45.4 Å². The van der Waals surface area contributed by atoms with Crippen LogP contribution in [-0.2, 0) is 27.9 Å². The first kappa shape index (κ1) is 20.6. The average molecular weight is 428 g/mol. The Morgan fingerprint density at radius 3 is 2.59 bits per heavy atom. The summed E-state index contributed by atoms with van der Waals surface area (Å²) in [5.41, 5.74) is -0.515. The molecule has 1 aromatic heterocycles. The van der Waals surface area contributed by atoms with E-state index in [9.17, 15) is 31.2 Å². The average Bonchev–Trinajstić information content (AvgIpc) is 2.93. The summed E-state index contributed by atoms with van der Waals surface area (Å²) in [7, 11) is -2.41. The van der Waals surface area contributed by atoms with Crippen molar-refractivity contribution in [1.29, 1.82) is 0 Å². The van der Waals surface area contributed by atoms with Gasteiger partial charge >= 0.3 is 11.9 Å². The Bertz CT molecular complexity index is 1240. The summed E-state index contributed by atoms with van der Waals surface area (Å²) in [6.45, 7) is 0. The van der Waals surface area contributed by atoms with Crippen molar-refractivity contribution < 1.29 is 30.8 Å². The molecule has 0 saturated carbocycles. The molecule has 1 N–H and O–H groups in total. The van der Waals surface area contributed by atoms with Crippen LogP contribution in [-0.4, -0.2) is 24.6 Å². The number of carbonyl (C=O) groups excluding carboxylic acids is 1. The highest BCUT2D eigenvalue weighted by atomic mass is 32.2. The molecule has 0 radical (unpaired) electrons. The van der Waals surface area contributed by atoms with Crippen LogP contribution in [0.4, 0.5) is 18.9 Å². The summed E-state index contributed by atoms with van der Waals surface area (Å²) >= 11 is 0. The number of rotatable bonds is 5. The smallest absolute Gasteiger partial charge is 0.408 e. The number of nitrogens with zero attached hydrogens (tertiary/aromatic N) is 1. The number of alkyl halides is 3. The lowest BCUT2D eigenvalue weighted by atomic mass is 10.2. The highest BCUT2D eigenvalue weighted by Gasteiger charge is 2.30. The SMILES string of the molecule is Cn1c(=O)oc2cc(S(=O)(=O)CCC(=O)Nc3cccc(C(F)(F)F)c3)ccc21. The number of oxazole rings is 1. The highest BCUT2D eigenvalue weighted by Crippen LogP contribution is 2.30. The number of nitrogens with one attached hydrogen (secondary N) is 1. The van der Waals surface area contributed by atoms with Gasteiger partial charge in [0.1, 0.15) is 0 Å². The summed E-state index contributed by atoms with van der Waals surface area (Å²) in [5.74, 6) is -1.96. The Hall–Kier alpha value is -3.08. The number of hydrogen-bond acceptors (Lipinski definition) is 5. The Morgan fingerprint density at radius 1 is 1.17 bits per heavy atom. The van der Waals surface area contributed by atoms with Crippen molar-refractivity contribution in [2.75, 3.05) is 11.1 Å². The molecule has 11 heteroatoms. The molecule has 29 heavy (non-hydrogen) atoms. The molecule has 0 saturated heterocycles. The van der Waals surface area contributed by atoms with E-state index in [0.29, 0.717) is 5.52 Å². The van der Waals surface area contributed by atoms with Crippen LogP contribution in [0.2, 0.25) is 0 Å². The van der Waals surface area contributed by atoms with Gasteiger partial charge in [0.2, 0.25) is 5.91 Å². The van der Waals surface area contributed by atoms with Gasteiger partial charge in [-0.2, -0.15) is 13.2 Å². The second-order valence-corrected chi connectivity index (χ2v) is 8.36. The molecule has 154 valence electrons. The third-order valence-corrected chi connectivity index (χ3v) is 5.91. The van der Waals surface area contributed by atoms with Gasteiger partial charge in [-0.15, -0.1) is 0 Å². The van der Waals surface area contributed by atoms with E-state index in [2.05, 4.69) is 5.32 Å². The number of amides is 1. The molecule has 0 aliphatic rings. The van der Waals surface area contributed by atoms with Crippen molar-refractivity contribution in [2.24, 2.45) is 7.05 Å². The Balaban J connectivity index is 1.70. The predicted molar refractivity (Wildman–Crippen MR) is 98.2 cm³/mol. The maximum Gasteiger partial charge on any atom is 0.419 e. The molecule has 3 aromatic rings. The van der Waals surface area contributed by atoms with Crippen molar-refractivity contribution >= 4 is 32.5 Å². The first-order valence-corrected chi connectivity index (χ1v) is 9.92. The molecule has 1 heterocycles. The van der Waals surface area contributed by atoms with Gasteiger partial charge in [-0.05, 0) is 30.3 Å². The lowest BCUT2D eigenvalue weighted by Gasteiger charge is -2.10. The van der Waals surface area contributed by atoms with Gasteiger partial charge in [0, 0.05) is 25.2 Å². The first-order valence-electron chi connectivity index (χ1n) is 8.27. The number of halogens is 3. The minimum absolute atomic E-state index is 0.0882. The van der Waals surface area contributed by atoms with Crippen LogP contribution in [0.25, 0.3) is 11.1 Å². The topological polar surface area (TPSA) is 98.4 Å². The first-order chi connectivity index (χ1) is 13.5. The number of fused-ring (bicyclic) bond motifs is 1. The molecule has 3 rings (SSSR count). The fraction of sp³-hybridized carbons (Fsp3) is 0.222. The van der Waals surface area contributed by atoms with Gasteiger partial charge in [0.05, 0.1) is 21.7 Å². The largest absolute Gasteiger partial charge is 0.419 e. The summed E-state index contributed by atoms with van der Waals surface area (Å²) in [6.07, 6.45) is -5.02. The molecule has 0 unspecified atom stereocenters. The molecule has 0 atom stereocenters. The predicted octanol–water partition coefficient (Wildman–Crippen LogP) is 2.95. The van der Waals surface area contributed by atoms with E-state index in [1.807, 2.05) is 0 Å². The quantitative estimate of drug-likeness (QED) is 0.674. The van der Waals surface area contributed by atoms with Crippen molar-refractivity contribution in [3.8, 4) is 0 Å². The van der Waals surface area contributed by atoms with E-state index in [0.717, 1.165) is 18.2 Å². The molecule has 0 aliphatic heterocycles. The summed E-state index contributed by atoms with van der Waals surface area (Å²) < 4.78 is 69.2. The summed E-state index contributed by atoms with van der Waals surface area (Å²) in [6, 6.07) is 7.92. The number of carbonyl (C=O) groups is 1. The van der Waals surface area contributed by atoms with Gasteiger partial charge in [-0.1, -0.05) is 6.07 Å². The van der Waals surface area contributed by atoms with Crippen LogP contribution in [0, 0.1) is 0 Å². The minimum Gasteiger partial charge on any atom is -0.408 e. The molecule has 1 amide bonds. The second-order valence-electron chi connectivity index (χ2n) is 6.25. The Morgan fingerprint density at radius 2 is 1.90 bits per heavy atom. The van der Waals surface area contributed by atoms with Gasteiger partial charge in [0.15, 0.2) is 15.4 Å². The number of sulfone groups is 1. The molecular formula is C18H15F3N2O5S. The lowest BCUT2D eigenvalue weighted by molar-refractivity contribution is -0.137. The van der Waals surface area contributed by atoms with Crippen LogP contribution >= 0.6 is 0 Å². The van der Waals surface area contributed by atoms with Crippen LogP contribution in [0.1, 0.15) is 12.0 Å². The number of aromatic nitrogens is 1. The fourth-order valence-electron chi connectivity index (χ4n) is 2.65. The van der Waals surface area contributed by atoms with E-state index >= 15 is 0 Å². The van der Waals surface area contributed by atoms with E-state index in [-0.39, 0.29) is 16.2 Å². The van der Waals surface area contributed by atoms with Gasteiger partial charge in [0.25, 0.3) is 0 Å². The van der Waals surface area contributed by atoms with Crippen LogP contribution in [0.3, 0.4) is 0 Å². The molecule has 0 fully saturated rings. The van der Waals surface area contributed by atoms with Gasteiger partial charge in [-0.3, -0.25) is 9.36 Å². The van der Waals surface area contributed by atoms with E-state index in [1.54, 1.807) is 0 Å². The number of benzene rings is 2. The molecule has 0 spiro atoms. The number of hydrogen-bond donors (Lipinski definition) is 1. The maximum absolute atomic E-state index is 12.7. The molecular weight excluding hydrogens is 413 g/mol. The molecule has 7 nitrogen and oxygen atoms in total. The normalized spacial score (nSPS) is 12.3. The van der Waals surface area contributed by atoms with Crippen molar-refractivity contribution in [1.82, 2.24) is 4.57 Å². The fourth-order valence-corrected chi connectivity index (χ4v) is 3.90. The highest BCUT2D eigenvalue weighted by molar-refractivity contribution is 7.91. The van der Waals surface area contributed by atoms with Crippen molar-refractivity contribution in [3.63, 3.8) is 0 Å². The minimum atomic E-state index is -4.56. The standard InChI is InChI=1S/C18H15F3N2O5S/c1-23-14-6-5-13(10-15(14)28-17(23)25)29(26,27)8-7-16(24)22-12-4-2-3-11(9-12)18(19,20)21/h2-6,9-10H,7-8H2,1H3,(H,22,24). The zero-order valence-electron chi connectivity index (χ0n) is 15.0. The Labute approximate surface area is 162 Å². The molecule has 0 aliphatic carbocycles. The van der Waals surface area contributed by atoms with Crippen LogP contribution in [0.15, 0.2) is 56.6 Å². The monoisotopic (exact) mass is 428 g/mol. The zero-order valence-corrected chi connectivity index (χ0v) is 15.8. The number of aryl methyl sites for hydroxylation is 1. The lowest BCUT2D eigenvalue weighted by Crippen LogP contribution is -2.18. The summed E-state index contributed by atoms with van der Waals surface area (Å²) in [5, 5.41) is 2.25. The number of anilines is 1.